The van der Waals surface area contributed by atoms with Crippen LogP contribution in [0.15, 0.2) is 21.7 Å². The van der Waals surface area contributed by atoms with Crippen molar-refractivity contribution in [1.29, 1.82) is 0 Å². The zero-order chi connectivity index (χ0) is 11.3. The van der Waals surface area contributed by atoms with E-state index in [1.807, 2.05) is 0 Å². The standard InChI is InChI=1S/C8H11NO4S2/c10-7(11)3-1-5-9-15(12,13)8-4-2-6-14-8/h2,4,6,9H,1,3,5H2,(H,10,11)/p-1. The molecule has 0 bridgehead atoms. The van der Waals surface area contributed by atoms with E-state index in [9.17, 15) is 18.3 Å². The number of carboxylic acids is 1. The fourth-order valence-corrected chi connectivity index (χ4v) is 3.04. The molecule has 0 saturated heterocycles. The van der Waals surface area contributed by atoms with Crippen LogP contribution in [0.1, 0.15) is 12.8 Å². The Morgan fingerprint density at radius 1 is 1.53 bits per heavy atom. The summed E-state index contributed by atoms with van der Waals surface area (Å²) < 4.78 is 25.5. The van der Waals surface area contributed by atoms with E-state index < -0.39 is 16.0 Å². The van der Waals surface area contributed by atoms with Gasteiger partial charge in [0.25, 0.3) is 0 Å². The Hall–Kier alpha value is -0.920. The van der Waals surface area contributed by atoms with Gasteiger partial charge >= 0.3 is 0 Å². The van der Waals surface area contributed by atoms with Gasteiger partial charge in [-0.2, -0.15) is 0 Å². The smallest absolute Gasteiger partial charge is 0.250 e. The summed E-state index contributed by atoms with van der Waals surface area (Å²) in [6.07, 6.45) is 0.0832. The monoisotopic (exact) mass is 248 g/mol. The van der Waals surface area contributed by atoms with Crippen LogP contribution in [0, 0.1) is 0 Å². The third kappa shape index (κ3) is 3.98. The number of carbonyl (C=O) groups excluding carboxylic acids is 1. The Morgan fingerprint density at radius 2 is 2.27 bits per heavy atom. The molecule has 1 N–H and O–H groups in total. The number of aliphatic carboxylic acids is 1. The van der Waals surface area contributed by atoms with Gasteiger partial charge in [-0.3, -0.25) is 0 Å². The van der Waals surface area contributed by atoms with Crippen LogP contribution < -0.4 is 9.83 Å². The molecule has 0 atom stereocenters. The van der Waals surface area contributed by atoms with Gasteiger partial charge in [0.2, 0.25) is 10.0 Å². The molecular formula is C8H10NO4S2-. The molecule has 84 valence electrons. The Morgan fingerprint density at radius 3 is 2.80 bits per heavy atom. The maximum atomic E-state index is 11.5. The van der Waals surface area contributed by atoms with Crippen molar-refractivity contribution in [2.45, 2.75) is 17.1 Å². The van der Waals surface area contributed by atoms with Crippen LogP contribution in [0.25, 0.3) is 0 Å². The van der Waals surface area contributed by atoms with Crippen molar-refractivity contribution in [2.75, 3.05) is 6.54 Å². The summed E-state index contributed by atoms with van der Waals surface area (Å²) >= 11 is 1.12. The van der Waals surface area contributed by atoms with Gasteiger partial charge < -0.3 is 9.90 Å². The largest absolute Gasteiger partial charge is 0.550 e. The van der Waals surface area contributed by atoms with E-state index in [0.29, 0.717) is 0 Å². The first-order chi connectivity index (χ1) is 7.02. The van der Waals surface area contributed by atoms with E-state index in [0.717, 1.165) is 11.3 Å². The molecule has 0 radical (unpaired) electrons. The van der Waals surface area contributed by atoms with Gasteiger partial charge in [0, 0.05) is 12.5 Å². The Bertz CT molecular complexity index is 410. The Kier molecular flexibility index (Phi) is 4.25. The van der Waals surface area contributed by atoms with Gasteiger partial charge in [0.1, 0.15) is 4.21 Å². The summed E-state index contributed by atoms with van der Waals surface area (Å²) in [4.78, 5) is 10.1. The summed E-state index contributed by atoms with van der Waals surface area (Å²) in [5, 5.41) is 11.7. The fourth-order valence-electron chi connectivity index (χ4n) is 0.927. The van der Waals surface area contributed by atoms with E-state index in [-0.39, 0.29) is 23.6 Å². The van der Waals surface area contributed by atoms with Crippen molar-refractivity contribution in [3.05, 3.63) is 17.5 Å². The number of nitrogens with one attached hydrogen (secondary N) is 1. The third-order valence-corrected chi connectivity index (χ3v) is 4.47. The number of hydrogen-bond acceptors (Lipinski definition) is 5. The van der Waals surface area contributed by atoms with Gasteiger partial charge in [-0.15, -0.1) is 11.3 Å². The van der Waals surface area contributed by atoms with E-state index >= 15 is 0 Å². The number of sulfonamides is 1. The van der Waals surface area contributed by atoms with Crippen LogP contribution >= 0.6 is 11.3 Å². The number of hydrogen-bond donors (Lipinski definition) is 1. The van der Waals surface area contributed by atoms with Crippen LogP contribution in [0.2, 0.25) is 0 Å². The summed E-state index contributed by atoms with van der Waals surface area (Å²) in [5.41, 5.74) is 0. The van der Waals surface area contributed by atoms with Crippen molar-refractivity contribution in [2.24, 2.45) is 0 Å². The number of rotatable bonds is 6. The Balaban J connectivity index is 2.42. The lowest BCUT2D eigenvalue weighted by atomic mass is 10.3. The average Bonchev–Trinajstić information content (AvgIpc) is 2.65. The molecule has 0 amide bonds. The molecular weight excluding hydrogens is 238 g/mol. The van der Waals surface area contributed by atoms with Crippen LogP contribution in [0.4, 0.5) is 0 Å². The second-order valence-corrected chi connectivity index (χ2v) is 5.75. The molecule has 0 fully saturated rings. The van der Waals surface area contributed by atoms with E-state index in [1.54, 1.807) is 11.4 Å². The van der Waals surface area contributed by atoms with Gasteiger partial charge in [-0.25, -0.2) is 13.1 Å². The minimum atomic E-state index is -3.46. The molecule has 0 unspecified atom stereocenters. The topological polar surface area (TPSA) is 86.3 Å². The average molecular weight is 248 g/mol. The lowest BCUT2D eigenvalue weighted by molar-refractivity contribution is -0.305. The molecule has 1 rings (SSSR count). The highest BCUT2D eigenvalue weighted by Crippen LogP contribution is 2.14. The van der Waals surface area contributed by atoms with Gasteiger partial charge in [0.05, 0.1) is 0 Å². The summed E-state index contributed by atoms with van der Waals surface area (Å²) in [6.45, 7) is 0.105. The second-order valence-electron chi connectivity index (χ2n) is 2.81. The molecule has 0 aliphatic heterocycles. The van der Waals surface area contributed by atoms with Crippen molar-refractivity contribution in [3.63, 3.8) is 0 Å². The maximum Gasteiger partial charge on any atom is 0.250 e. The minimum absolute atomic E-state index is 0.105. The molecule has 1 aromatic heterocycles. The van der Waals surface area contributed by atoms with Crippen molar-refractivity contribution in [3.8, 4) is 0 Å². The molecule has 0 saturated carbocycles. The zero-order valence-electron chi connectivity index (χ0n) is 7.80. The first-order valence-corrected chi connectivity index (χ1v) is 6.61. The van der Waals surface area contributed by atoms with Crippen LogP contribution in [0.3, 0.4) is 0 Å². The van der Waals surface area contributed by atoms with Crippen molar-refractivity contribution >= 4 is 27.3 Å². The van der Waals surface area contributed by atoms with Crippen LogP contribution in [-0.2, 0) is 14.8 Å². The minimum Gasteiger partial charge on any atom is -0.550 e. The maximum absolute atomic E-state index is 11.5. The molecule has 5 nitrogen and oxygen atoms in total. The molecule has 15 heavy (non-hydrogen) atoms. The molecule has 0 spiro atoms. The first kappa shape index (κ1) is 12.2. The molecule has 0 aliphatic carbocycles. The predicted molar refractivity (Wildman–Crippen MR) is 53.7 cm³/mol. The summed E-state index contributed by atoms with van der Waals surface area (Å²) in [7, 11) is -3.46. The second kappa shape index (κ2) is 5.24. The van der Waals surface area contributed by atoms with Crippen molar-refractivity contribution < 1.29 is 18.3 Å². The highest BCUT2D eigenvalue weighted by Gasteiger charge is 2.13. The van der Waals surface area contributed by atoms with Crippen LogP contribution in [-0.4, -0.2) is 20.9 Å². The molecule has 7 heteroatoms. The highest BCUT2D eigenvalue weighted by atomic mass is 32.2. The Labute approximate surface area is 91.8 Å². The predicted octanol–water partition coefficient (Wildman–Crippen LogP) is -0.444. The molecule has 0 aliphatic rings. The third-order valence-electron chi connectivity index (χ3n) is 1.61. The van der Waals surface area contributed by atoms with Crippen LogP contribution in [0.5, 0.6) is 0 Å². The quantitative estimate of drug-likeness (QED) is 0.691. The lowest BCUT2D eigenvalue weighted by Gasteiger charge is -2.04. The van der Waals surface area contributed by atoms with Crippen molar-refractivity contribution in [1.82, 2.24) is 4.72 Å². The highest BCUT2D eigenvalue weighted by molar-refractivity contribution is 7.91. The fraction of sp³-hybridized carbons (Fsp3) is 0.375. The number of carbonyl (C=O) groups is 1. The molecule has 1 heterocycles. The SMILES string of the molecule is O=C([O-])CCCNS(=O)(=O)c1cccs1. The van der Waals surface area contributed by atoms with Gasteiger partial charge in [0.15, 0.2) is 0 Å². The zero-order valence-corrected chi connectivity index (χ0v) is 9.44. The lowest BCUT2D eigenvalue weighted by Crippen LogP contribution is -2.27. The number of carboxylic acid groups (broad SMARTS) is 1. The number of thiophene rings is 1. The van der Waals surface area contributed by atoms with E-state index in [4.69, 9.17) is 0 Å². The first-order valence-electron chi connectivity index (χ1n) is 4.25. The molecule has 0 aromatic carbocycles. The summed E-state index contributed by atoms with van der Waals surface area (Å²) in [5.74, 6) is -1.18. The van der Waals surface area contributed by atoms with E-state index in [1.165, 1.54) is 6.07 Å². The van der Waals surface area contributed by atoms with E-state index in [2.05, 4.69) is 4.72 Å². The molecule has 1 aromatic rings. The normalized spacial score (nSPS) is 11.5. The summed E-state index contributed by atoms with van der Waals surface area (Å²) in [6, 6.07) is 3.13. The van der Waals surface area contributed by atoms with Gasteiger partial charge in [-0.1, -0.05) is 6.07 Å². The van der Waals surface area contributed by atoms with Gasteiger partial charge in [-0.05, 0) is 24.3 Å².